The van der Waals surface area contributed by atoms with Crippen molar-refractivity contribution in [3.63, 3.8) is 0 Å². The van der Waals surface area contributed by atoms with E-state index in [2.05, 4.69) is 9.80 Å². The van der Waals surface area contributed by atoms with Crippen molar-refractivity contribution in [1.29, 1.82) is 0 Å². The van der Waals surface area contributed by atoms with Gasteiger partial charge in [-0.05, 0) is 68.4 Å². The molecular weight excluding hydrogens is 472 g/mol. The van der Waals surface area contributed by atoms with Gasteiger partial charge < -0.3 is 19.4 Å². The van der Waals surface area contributed by atoms with E-state index in [-0.39, 0.29) is 11.4 Å². The second kappa shape index (κ2) is 9.82. The summed E-state index contributed by atoms with van der Waals surface area (Å²) in [5, 5.41) is 0.594. The molecule has 9 heteroatoms. The SMILES string of the molecule is CN(c1ccccc1)c1nc(SCC(=O)N(C)C23CC4CC(CC(C4)C2)C3)nc(N2CCOCC2)n1. The highest BCUT2D eigenvalue weighted by Crippen LogP contribution is 2.57. The minimum absolute atomic E-state index is 0.0726. The van der Waals surface area contributed by atoms with E-state index in [0.717, 1.165) is 36.5 Å². The lowest BCUT2D eigenvalue weighted by Gasteiger charge is -2.59. The van der Waals surface area contributed by atoms with Gasteiger partial charge in [0.2, 0.25) is 17.8 Å². The number of nitrogens with zero attached hydrogens (tertiary/aromatic N) is 6. The molecule has 5 fully saturated rings. The maximum atomic E-state index is 13.5. The molecule has 36 heavy (non-hydrogen) atoms. The Balaban J connectivity index is 1.20. The number of anilines is 3. The quantitative estimate of drug-likeness (QED) is 0.520. The summed E-state index contributed by atoms with van der Waals surface area (Å²) in [4.78, 5) is 34.0. The third-order valence-electron chi connectivity index (χ3n) is 8.74. The van der Waals surface area contributed by atoms with Crippen molar-refractivity contribution in [2.45, 2.75) is 49.2 Å². The summed E-state index contributed by atoms with van der Waals surface area (Å²) < 4.78 is 5.53. The predicted molar refractivity (Wildman–Crippen MR) is 142 cm³/mol. The van der Waals surface area contributed by atoms with Crippen LogP contribution in [0.15, 0.2) is 35.5 Å². The third-order valence-corrected chi connectivity index (χ3v) is 9.58. The number of rotatable bonds is 7. The summed E-state index contributed by atoms with van der Waals surface area (Å²) in [5.41, 5.74) is 1.08. The molecule has 192 valence electrons. The highest BCUT2D eigenvalue weighted by molar-refractivity contribution is 7.99. The van der Waals surface area contributed by atoms with Gasteiger partial charge in [-0.1, -0.05) is 30.0 Å². The molecule has 1 saturated heterocycles. The first-order chi connectivity index (χ1) is 17.5. The molecule has 0 radical (unpaired) electrons. The summed E-state index contributed by atoms with van der Waals surface area (Å²) in [6, 6.07) is 10.1. The second-order valence-corrected chi connectivity index (χ2v) is 12.0. The van der Waals surface area contributed by atoms with E-state index in [9.17, 15) is 4.79 Å². The van der Waals surface area contributed by atoms with Crippen LogP contribution in [-0.2, 0) is 9.53 Å². The van der Waals surface area contributed by atoms with Crippen molar-refractivity contribution in [2.24, 2.45) is 17.8 Å². The summed E-state index contributed by atoms with van der Waals surface area (Å²) in [5.74, 6) is 4.21. The van der Waals surface area contributed by atoms with Gasteiger partial charge in [0.15, 0.2) is 5.16 Å². The minimum atomic E-state index is 0.0726. The molecule has 1 aromatic carbocycles. The van der Waals surface area contributed by atoms with Crippen LogP contribution >= 0.6 is 11.8 Å². The van der Waals surface area contributed by atoms with E-state index >= 15 is 0 Å². The summed E-state index contributed by atoms with van der Waals surface area (Å²) in [6.45, 7) is 2.81. The first-order valence-electron chi connectivity index (χ1n) is 13.3. The van der Waals surface area contributed by atoms with Gasteiger partial charge in [0, 0.05) is 38.4 Å². The Morgan fingerprint density at radius 2 is 1.64 bits per heavy atom. The number of hydrogen-bond acceptors (Lipinski definition) is 8. The maximum Gasteiger partial charge on any atom is 0.235 e. The summed E-state index contributed by atoms with van der Waals surface area (Å²) >= 11 is 1.43. The molecule has 5 aliphatic rings. The standard InChI is InChI=1S/C27H36N6O2S/c1-31(22-6-4-3-5-7-22)24-28-25(33-8-10-35-11-9-33)30-26(29-24)36-18-23(34)32(2)27-15-19-12-20(16-27)14-21(13-19)17-27/h3-7,19-21H,8-18H2,1-2H3. The zero-order valence-corrected chi connectivity index (χ0v) is 22.1. The van der Waals surface area contributed by atoms with Gasteiger partial charge in [0.05, 0.1) is 19.0 Å². The van der Waals surface area contributed by atoms with Crippen LogP contribution in [0.25, 0.3) is 0 Å². The average Bonchev–Trinajstić information content (AvgIpc) is 2.91. The molecular formula is C27H36N6O2S. The monoisotopic (exact) mass is 508 g/mol. The van der Waals surface area contributed by atoms with E-state index in [1.807, 2.05) is 49.3 Å². The van der Waals surface area contributed by atoms with Crippen molar-refractivity contribution in [3.8, 4) is 0 Å². The van der Waals surface area contributed by atoms with Crippen molar-refractivity contribution < 1.29 is 9.53 Å². The molecule has 4 aliphatic carbocycles. The number of benzene rings is 1. The van der Waals surface area contributed by atoms with E-state index in [1.54, 1.807) is 0 Å². The maximum absolute atomic E-state index is 13.5. The van der Waals surface area contributed by atoms with Crippen LogP contribution < -0.4 is 9.80 Å². The molecule has 0 spiro atoms. The van der Waals surface area contributed by atoms with Crippen molar-refractivity contribution in [1.82, 2.24) is 19.9 Å². The van der Waals surface area contributed by atoms with Crippen LogP contribution in [-0.4, -0.2) is 77.4 Å². The topological polar surface area (TPSA) is 74.7 Å². The number of aromatic nitrogens is 3. The van der Waals surface area contributed by atoms with Crippen LogP contribution in [0, 0.1) is 17.8 Å². The highest BCUT2D eigenvalue weighted by atomic mass is 32.2. The molecule has 1 amide bonds. The average molecular weight is 509 g/mol. The van der Waals surface area contributed by atoms with Crippen molar-refractivity contribution >= 4 is 35.3 Å². The molecule has 1 aliphatic heterocycles. The van der Waals surface area contributed by atoms with E-state index in [1.165, 1.54) is 50.3 Å². The third kappa shape index (κ3) is 4.67. The highest BCUT2D eigenvalue weighted by Gasteiger charge is 2.53. The molecule has 0 unspecified atom stereocenters. The lowest BCUT2D eigenvalue weighted by atomic mass is 9.52. The summed E-state index contributed by atoms with van der Waals surface area (Å²) in [7, 11) is 4.01. The van der Waals surface area contributed by atoms with Crippen LogP contribution in [0.5, 0.6) is 0 Å². The van der Waals surface area contributed by atoms with E-state index < -0.39 is 0 Å². The van der Waals surface area contributed by atoms with Gasteiger partial charge >= 0.3 is 0 Å². The smallest absolute Gasteiger partial charge is 0.235 e. The largest absolute Gasteiger partial charge is 0.378 e. The van der Waals surface area contributed by atoms with Gasteiger partial charge in [-0.25, -0.2) is 0 Å². The Hall–Kier alpha value is -2.39. The Morgan fingerprint density at radius 1 is 1.00 bits per heavy atom. The summed E-state index contributed by atoms with van der Waals surface area (Å²) in [6.07, 6.45) is 7.69. The molecule has 4 saturated carbocycles. The number of carbonyl (C=O) groups excluding carboxylic acids is 1. The van der Waals surface area contributed by atoms with Gasteiger partial charge in [-0.2, -0.15) is 15.0 Å². The number of carbonyl (C=O) groups is 1. The second-order valence-electron chi connectivity index (χ2n) is 11.1. The minimum Gasteiger partial charge on any atom is -0.378 e. The number of morpholine rings is 1. The fourth-order valence-electron chi connectivity index (χ4n) is 7.19. The number of thioether (sulfide) groups is 1. The van der Waals surface area contributed by atoms with Crippen molar-refractivity contribution in [3.05, 3.63) is 30.3 Å². The lowest BCUT2D eigenvalue weighted by Crippen LogP contribution is -2.60. The molecule has 8 nitrogen and oxygen atoms in total. The lowest BCUT2D eigenvalue weighted by molar-refractivity contribution is -0.144. The molecule has 0 atom stereocenters. The number of ether oxygens (including phenoxy) is 1. The fraction of sp³-hybridized carbons (Fsp3) is 0.630. The van der Waals surface area contributed by atoms with Gasteiger partial charge in [-0.3, -0.25) is 4.79 Å². The number of hydrogen-bond donors (Lipinski definition) is 0. The first-order valence-corrected chi connectivity index (χ1v) is 14.2. The number of amides is 1. The van der Waals surface area contributed by atoms with Crippen LogP contribution in [0.2, 0.25) is 0 Å². The van der Waals surface area contributed by atoms with Gasteiger partial charge in [0.25, 0.3) is 0 Å². The predicted octanol–water partition coefficient (Wildman–Crippen LogP) is 4.00. The molecule has 4 bridgehead atoms. The zero-order valence-electron chi connectivity index (χ0n) is 21.3. The Morgan fingerprint density at radius 3 is 2.28 bits per heavy atom. The van der Waals surface area contributed by atoms with Crippen molar-refractivity contribution in [2.75, 3.05) is 56.0 Å². The number of para-hydroxylation sites is 1. The van der Waals surface area contributed by atoms with Gasteiger partial charge in [-0.15, -0.1) is 0 Å². The normalized spacial score (nSPS) is 28.8. The first kappa shape index (κ1) is 24.0. The molecule has 2 heterocycles. The van der Waals surface area contributed by atoms with Gasteiger partial charge in [0.1, 0.15) is 0 Å². The van der Waals surface area contributed by atoms with Crippen LogP contribution in [0.1, 0.15) is 38.5 Å². The molecule has 2 aromatic rings. The fourth-order valence-corrected chi connectivity index (χ4v) is 7.92. The zero-order chi connectivity index (χ0) is 24.7. The van der Waals surface area contributed by atoms with E-state index in [0.29, 0.717) is 36.0 Å². The Labute approximate surface area is 217 Å². The molecule has 1 aromatic heterocycles. The van der Waals surface area contributed by atoms with Crippen LogP contribution in [0.4, 0.5) is 17.6 Å². The molecule has 7 rings (SSSR count). The molecule has 0 N–H and O–H groups in total. The Kier molecular flexibility index (Phi) is 6.54. The Bertz CT molecular complexity index is 1060. The van der Waals surface area contributed by atoms with Crippen LogP contribution in [0.3, 0.4) is 0 Å². The van der Waals surface area contributed by atoms with E-state index in [4.69, 9.17) is 19.7 Å².